The molecule has 186 valence electrons. The lowest BCUT2D eigenvalue weighted by atomic mass is 9.95. The number of halogens is 2. The van der Waals surface area contributed by atoms with Gasteiger partial charge in [0, 0.05) is 31.4 Å². The summed E-state index contributed by atoms with van der Waals surface area (Å²) in [6.07, 6.45) is 8.86. The highest BCUT2D eigenvalue weighted by atomic mass is 35.5. The number of aromatic nitrogens is 2. The Morgan fingerprint density at radius 1 is 1.00 bits per heavy atom. The van der Waals surface area contributed by atoms with Crippen LogP contribution in [0.3, 0.4) is 0 Å². The molecule has 1 aromatic heterocycles. The molecule has 0 bridgehead atoms. The van der Waals surface area contributed by atoms with Crippen molar-refractivity contribution in [2.45, 2.75) is 71.4 Å². The average molecular weight is 499 g/mol. The zero-order chi connectivity index (χ0) is 21.9. The highest BCUT2D eigenvalue weighted by Gasteiger charge is 2.13. The molecule has 0 atom stereocenters. The maximum Gasteiger partial charge on any atom is 0.271 e. The van der Waals surface area contributed by atoms with E-state index < -0.39 is 0 Å². The van der Waals surface area contributed by atoms with Crippen molar-refractivity contribution in [3.8, 4) is 0 Å². The Hall–Kier alpha value is -1.60. The number of amides is 1. The standard InChI is InChI=1S/C25H39N5O.2ClH/c1-20-9-8-10-22(17-20)19-30-21(2)18-24(29-30)25(31)28-14-7-6-13-26-15-16-27-23-11-4-3-5-12-23;;/h8-10,17-18,23,26-27H,3-7,11-16,19H2,1-2H3,(H,28,31);2*1H. The Balaban J connectivity index is 0.00000272. The summed E-state index contributed by atoms with van der Waals surface area (Å²) in [5.41, 5.74) is 3.92. The fourth-order valence-electron chi connectivity index (χ4n) is 4.23. The van der Waals surface area contributed by atoms with Gasteiger partial charge in [-0.1, -0.05) is 49.1 Å². The van der Waals surface area contributed by atoms with Gasteiger partial charge in [0.15, 0.2) is 0 Å². The first kappa shape index (κ1) is 29.4. The largest absolute Gasteiger partial charge is 0.351 e. The molecule has 0 spiro atoms. The maximum absolute atomic E-state index is 12.4. The zero-order valence-corrected chi connectivity index (χ0v) is 21.7. The summed E-state index contributed by atoms with van der Waals surface area (Å²) in [5.74, 6) is -0.0873. The van der Waals surface area contributed by atoms with E-state index in [9.17, 15) is 4.79 Å². The van der Waals surface area contributed by atoms with Gasteiger partial charge in [-0.15, -0.1) is 24.8 Å². The maximum atomic E-state index is 12.4. The third-order valence-corrected chi connectivity index (χ3v) is 6.03. The van der Waals surface area contributed by atoms with Gasteiger partial charge < -0.3 is 16.0 Å². The Bertz CT molecular complexity index is 821. The minimum atomic E-state index is -0.0873. The second kappa shape index (κ2) is 16.1. The number of rotatable bonds is 12. The molecule has 3 N–H and O–H groups in total. The van der Waals surface area contributed by atoms with Crippen molar-refractivity contribution in [1.82, 2.24) is 25.7 Å². The Morgan fingerprint density at radius 2 is 1.76 bits per heavy atom. The highest BCUT2D eigenvalue weighted by Crippen LogP contribution is 2.16. The van der Waals surface area contributed by atoms with E-state index in [1.807, 2.05) is 17.7 Å². The van der Waals surface area contributed by atoms with Gasteiger partial charge in [-0.05, 0) is 57.7 Å². The lowest BCUT2D eigenvalue weighted by Gasteiger charge is -2.22. The summed E-state index contributed by atoms with van der Waals surface area (Å²) in [5, 5.41) is 14.7. The molecule has 0 saturated heterocycles. The number of aryl methyl sites for hydroxylation is 2. The molecule has 0 radical (unpaired) electrons. The molecule has 1 aromatic carbocycles. The molecule has 1 amide bonds. The number of carbonyl (C=O) groups is 1. The molecule has 0 aliphatic heterocycles. The first-order chi connectivity index (χ1) is 15.1. The molecule has 1 fully saturated rings. The van der Waals surface area contributed by atoms with Crippen LogP contribution in [-0.2, 0) is 6.54 Å². The minimum Gasteiger partial charge on any atom is -0.351 e. The summed E-state index contributed by atoms with van der Waals surface area (Å²) in [6.45, 7) is 8.50. The molecular weight excluding hydrogens is 457 g/mol. The van der Waals surface area contributed by atoms with Gasteiger partial charge in [-0.25, -0.2) is 0 Å². The Kier molecular flexibility index (Phi) is 14.4. The van der Waals surface area contributed by atoms with Crippen LogP contribution in [0.4, 0.5) is 0 Å². The Labute approximate surface area is 211 Å². The van der Waals surface area contributed by atoms with E-state index in [4.69, 9.17) is 0 Å². The van der Waals surface area contributed by atoms with Gasteiger partial charge in [-0.3, -0.25) is 9.48 Å². The fraction of sp³-hybridized carbons (Fsp3) is 0.600. The minimum absolute atomic E-state index is 0. The second-order valence-electron chi connectivity index (χ2n) is 8.82. The van der Waals surface area contributed by atoms with E-state index >= 15 is 0 Å². The summed E-state index contributed by atoms with van der Waals surface area (Å²) in [7, 11) is 0. The van der Waals surface area contributed by atoms with E-state index in [-0.39, 0.29) is 30.7 Å². The van der Waals surface area contributed by atoms with Crippen molar-refractivity contribution in [3.63, 3.8) is 0 Å². The fourth-order valence-corrected chi connectivity index (χ4v) is 4.23. The number of unbranched alkanes of at least 4 members (excludes halogenated alkanes) is 1. The van der Waals surface area contributed by atoms with E-state index in [0.717, 1.165) is 44.2 Å². The molecule has 3 rings (SSSR count). The normalized spacial score (nSPS) is 13.8. The first-order valence-electron chi connectivity index (χ1n) is 11.9. The topological polar surface area (TPSA) is 71.0 Å². The van der Waals surface area contributed by atoms with Gasteiger partial charge in [0.1, 0.15) is 5.69 Å². The lowest BCUT2D eigenvalue weighted by molar-refractivity contribution is 0.0947. The third-order valence-electron chi connectivity index (χ3n) is 6.03. The van der Waals surface area contributed by atoms with Crippen molar-refractivity contribution < 1.29 is 4.79 Å². The predicted molar refractivity (Wildman–Crippen MR) is 141 cm³/mol. The molecule has 33 heavy (non-hydrogen) atoms. The van der Waals surface area contributed by atoms with Crippen LogP contribution in [0, 0.1) is 13.8 Å². The van der Waals surface area contributed by atoms with Crippen LogP contribution >= 0.6 is 24.8 Å². The zero-order valence-electron chi connectivity index (χ0n) is 20.1. The SMILES string of the molecule is Cc1cccc(Cn2nc(C(=O)NCCCCNCCNC3CCCCC3)cc2C)c1.Cl.Cl. The van der Waals surface area contributed by atoms with E-state index in [1.165, 1.54) is 43.2 Å². The van der Waals surface area contributed by atoms with E-state index in [2.05, 4.69) is 52.2 Å². The number of benzene rings is 1. The molecular formula is C25H41Cl2N5O. The van der Waals surface area contributed by atoms with Gasteiger partial charge in [0.25, 0.3) is 5.91 Å². The molecule has 1 aliphatic carbocycles. The van der Waals surface area contributed by atoms with Crippen LogP contribution in [0.1, 0.15) is 72.3 Å². The van der Waals surface area contributed by atoms with Crippen LogP contribution in [0.2, 0.25) is 0 Å². The summed E-state index contributed by atoms with van der Waals surface area (Å²) in [4.78, 5) is 12.4. The lowest BCUT2D eigenvalue weighted by Crippen LogP contribution is -2.36. The van der Waals surface area contributed by atoms with E-state index in [0.29, 0.717) is 18.8 Å². The molecule has 6 nitrogen and oxygen atoms in total. The van der Waals surface area contributed by atoms with Gasteiger partial charge in [0.2, 0.25) is 0 Å². The predicted octanol–water partition coefficient (Wildman–Crippen LogP) is 4.41. The van der Waals surface area contributed by atoms with Crippen molar-refractivity contribution in [2.24, 2.45) is 0 Å². The summed E-state index contributed by atoms with van der Waals surface area (Å²) < 4.78 is 1.90. The quantitative estimate of drug-likeness (QED) is 0.379. The van der Waals surface area contributed by atoms with Gasteiger partial charge in [0.05, 0.1) is 6.54 Å². The van der Waals surface area contributed by atoms with Crippen LogP contribution in [0.25, 0.3) is 0 Å². The van der Waals surface area contributed by atoms with Crippen LogP contribution in [-0.4, -0.2) is 47.9 Å². The second-order valence-corrected chi connectivity index (χ2v) is 8.82. The highest BCUT2D eigenvalue weighted by molar-refractivity contribution is 5.92. The first-order valence-corrected chi connectivity index (χ1v) is 11.9. The number of hydrogen-bond acceptors (Lipinski definition) is 4. The molecule has 2 aromatic rings. The van der Waals surface area contributed by atoms with Crippen LogP contribution in [0.15, 0.2) is 30.3 Å². The van der Waals surface area contributed by atoms with Crippen molar-refractivity contribution in [1.29, 1.82) is 0 Å². The number of nitrogens with zero attached hydrogens (tertiary/aromatic N) is 2. The van der Waals surface area contributed by atoms with Gasteiger partial charge >= 0.3 is 0 Å². The summed E-state index contributed by atoms with van der Waals surface area (Å²) >= 11 is 0. The molecule has 1 aliphatic rings. The molecule has 1 saturated carbocycles. The molecule has 1 heterocycles. The number of carbonyl (C=O) groups excluding carboxylic acids is 1. The van der Waals surface area contributed by atoms with Gasteiger partial charge in [-0.2, -0.15) is 5.10 Å². The van der Waals surface area contributed by atoms with Crippen molar-refractivity contribution >= 4 is 30.7 Å². The van der Waals surface area contributed by atoms with Crippen LogP contribution < -0.4 is 16.0 Å². The average Bonchev–Trinajstić information content (AvgIpc) is 3.13. The van der Waals surface area contributed by atoms with E-state index in [1.54, 1.807) is 0 Å². The Morgan fingerprint density at radius 3 is 2.52 bits per heavy atom. The smallest absolute Gasteiger partial charge is 0.271 e. The molecule has 0 unspecified atom stereocenters. The third kappa shape index (κ3) is 10.5. The van der Waals surface area contributed by atoms with Crippen molar-refractivity contribution in [2.75, 3.05) is 26.2 Å². The number of hydrogen-bond donors (Lipinski definition) is 3. The number of nitrogens with one attached hydrogen (secondary N) is 3. The summed E-state index contributed by atoms with van der Waals surface area (Å²) in [6, 6.07) is 11.0. The monoisotopic (exact) mass is 497 g/mol. The molecule has 8 heteroatoms. The van der Waals surface area contributed by atoms with Crippen molar-refractivity contribution in [3.05, 3.63) is 52.8 Å². The van der Waals surface area contributed by atoms with Crippen LogP contribution in [0.5, 0.6) is 0 Å².